The van der Waals surface area contributed by atoms with Crippen LogP contribution in [0.15, 0.2) is 11.6 Å². The van der Waals surface area contributed by atoms with Crippen LogP contribution in [0.5, 0.6) is 0 Å². The summed E-state index contributed by atoms with van der Waals surface area (Å²) in [5, 5.41) is 22.8. The van der Waals surface area contributed by atoms with Crippen LogP contribution in [0.4, 0.5) is 0 Å². The number of nitrogens with two attached hydrogens (primary N) is 1. The Kier molecular flexibility index (Phi) is 20.1. The molecule has 1 spiro atoms. The Bertz CT molecular complexity index is 1760. The molecule has 14 heteroatoms. The maximum Gasteiger partial charge on any atom is 0.330 e. The van der Waals surface area contributed by atoms with Crippen molar-refractivity contribution in [3.05, 3.63) is 21.8 Å². The van der Waals surface area contributed by atoms with E-state index in [4.69, 9.17) is 20.3 Å². The van der Waals surface area contributed by atoms with E-state index in [2.05, 4.69) is 5.32 Å². The summed E-state index contributed by atoms with van der Waals surface area (Å²) in [5.74, 6) is 7.72. The fourth-order valence-electron chi connectivity index (χ4n) is 16.6. The number of esters is 2. The maximum absolute atomic E-state index is 11.7. The average molecular weight is 987 g/mol. The number of nitro groups is 1. The van der Waals surface area contributed by atoms with Gasteiger partial charge in [-0.15, -0.1) is 12.4 Å². The standard InChI is InChI=1S/C13H21NO4.C12H18O2.C11H19NO2.C11H17NO.C8H12O.ClH/c1-2-18-12(15)8-13(9-14(16)17)6-10-4-3-5-11(10)7-13;1-2-14-12(13)8-9-6-10-4-3-5-11(10)7-9;12-7-11(6-10(13)14)4-8-2-1-3-9(8)5-11;13-10-6-11(7-12-10)4-8-2-1-3-9(8)5-11;9-8-4-6-2-1-3-7(6)5-8;/h10-11H,2-9H2,1H3;8,10-11H,2-7H2,1H3;8-9H,1-7,12H2,(H,13,14);8-9H,1-7H2,(H,12,13);6-7H,1-5H2;1H/t2*10-,11-;2*8-,9-;6-,7-;/m11111./s1. The fraction of sp³-hybridized carbons (Fsp3) is 0.873. The van der Waals surface area contributed by atoms with Crippen LogP contribution in [0.2, 0.25) is 0 Å². The molecule has 4 N–H and O–H groups in total. The minimum atomic E-state index is -0.685. The minimum Gasteiger partial charge on any atom is -0.481 e. The number of amides is 1. The van der Waals surface area contributed by atoms with Gasteiger partial charge < -0.3 is 25.6 Å². The van der Waals surface area contributed by atoms with Gasteiger partial charge in [0.05, 0.1) is 26.1 Å². The summed E-state index contributed by atoms with van der Waals surface area (Å²) < 4.78 is 9.88. The van der Waals surface area contributed by atoms with Crippen LogP contribution in [0, 0.1) is 85.5 Å². The molecule has 0 aromatic rings. The van der Waals surface area contributed by atoms with Crippen LogP contribution in [-0.4, -0.2) is 72.5 Å². The quantitative estimate of drug-likeness (QED) is 0.0813. The number of ketones is 1. The Morgan fingerprint density at radius 3 is 1.48 bits per heavy atom. The van der Waals surface area contributed by atoms with E-state index in [-0.39, 0.29) is 54.1 Å². The molecular formula is C55H88ClN3O10. The third-order valence-corrected chi connectivity index (χ3v) is 19.3. The van der Waals surface area contributed by atoms with E-state index in [1.165, 1.54) is 115 Å². The second-order valence-corrected chi connectivity index (χ2v) is 24.1. The number of rotatable bonds is 10. The van der Waals surface area contributed by atoms with Gasteiger partial charge in [-0.2, -0.15) is 0 Å². The number of carbonyl (C=O) groups is 5. The number of nitrogens with zero attached hydrogens (tertiary/aromatic N) is 1. The molecule has 13 nitrogen and oxygen atoms in total. The smallest absolute Gasteiger partial charge is 0.330 e. The highest BCUT2D eigenvalue weighted by atomic mass is 35.5. The van der Waals surface area contributed by atoms with Crippen molar-refractivity contribution < 1.29 is 43.5 Å². The molecule has 1 saturated heterocycles. The van der Waals surface area contributed by atoms with Crippen LogP contribution in [-0.2, 0) is 33.4 Å². The average Bonchev–Trinajstić information content (AvgIpc) is 4.08. The summed E-state index contributed by atoms with van der Waals surface area (Å²) in [6, 6.07) is 0. The van der Waals surface area contributed by atoms with Gasteiger partial charge in [-0.3, -0.25) is 29.3 Å². The number of ether oxygens (including phenoxy) is 2. The third kappa shape index (κ3) is 14.8. The predicted molar refractivity (Wildman–Crippen MR) is 267 cm³/mol. The predicted octanol–water partition coefficient (Wildman–Crippen LogP) is 10.6. The molecule has 390 valence electrons. The number of carbonyl (C=O) groups excluding carboxylic acids is 4. The molecule has 0 aromatic heterocycles. The van der Waals surface area contributed by atoms with Crippen LogP contribution in [0.25, 0.3) is 0 Å². The highest BCUT2D eigenvalue weighted by Gasteiger charge is 2.52. The molecule has 1 heterocycles. The van der Waals surface area contributed by atoms with Gasteiger partial charge in [0.15, 0.2) is 0 Å². The van der Waals surface area contributed by atoms with Crippen molar-refractivity contribution in [3.63, 3.8) is 0 Å². The Morgan fingerprint density at radius 1 is 0.667 bits per heavy atom. The maximum atomic E-state index is 11.7. The van der Waals surface area contributed by atoms with E-state index in [1.54, 1.807) is 13.0 Å². The monoisotopic (exact) mass is 986 g/mol. The summed E-state index contributed by atoms with van der Waals surface area (Å²) >= 11 is 0. The second kappa shape index (κ2) is 25.1. The zero-order chi connectivity index (χ0) is 48.5. The molecule has 0 radical (unpaired) electrons. The van der Waals surface area contributed by atoms with Gasteiger partial charge in [0.25, 0.3) is 0 Å². The van der Waals surface area contributed by atoms with Crippen molar-refractivity contribution in [2.45, 2.75) is 194 Å². The van der Waals surface area contributed by atoms with Crippen molar-refractivity contribution >= 4 is 42.0 Å². The first-order valence-corrected chi connectivity index (χ1v) is 27.5. The van der Waals surface area contributed by atoms with Gasteiger partial charge in [0.2, 0.25) is 12.5 Å². The summed E-state index contributed by atoms with van der Waals surface area (Å²) in [5.41, 5.74) is 6.96. The lowest BCUT2D eigenvalue weighted by molar-refractivity contribution is -0.497. The van der Waals surface area contributed by atoms with Gasteiger partial charge in [-0.25, -0.2) is 4.79 Å². The van der Waals surface area contributed by atoms with Crippen LogP contribution in [0.1, 0.15) is 194 Å². The summed E-state index contributed by atoms with van der Waals surface area (Å²) in [4.78, 5) is 66.3. The number of carboxylic acids is 1. The number of hydrogen-bond donors (Lipinski definition) is 3. The van der Waals surface area contributed by atoms with Gasteiger partial charge in [0, 0.05) is 42.2 Å². The molecule has 0 unspecified atom stereocenters. The number of halogens is 1. The number of allylic oxidation sites excluding steroid dienone is 1. The molecule has 11 aliphatic rings. The van der Waals surface area contributed by atoms with Crippen molar-refractivity contribution in [1.82, 2.24) is 5.32 Å². The molecule has 10 aliphatic carbocycles. The Morgan fingerprint density at radius 2 is 1.09 bits per heavy atom. The first-order valence-electron chi connectivity index (χ1n) is 27.5. The van der Waals surface area contributed by atoms with Gasteiger partial charge in [-0.05, 0) is 167 Å². The zero-order valence-corrected chi connectivity index (χ0v) is 43.1. The van der Waals surface area contributed by atoms with E-state index in [0.29, 0.717) is 48.7 Å². The summed E-state index contributed by atoms with van der Waals surface area (Å²) in [7, 11) is 0. The molecule has 1 amide bonds. The van der Waals surface area contributed by atoms with Gasteiger partial charge >= 0.3 is 17.9 Å². The largest absolute Gasteiger partial charge is 0.481 e. The number of carboxylic acid groups (broad SMARTS) is 1. The molecule has 11 fully saturated rings. The molecule has 0 aromatic carbocycles. The van der Waals surface area contributed by atoms with E-state index < -0.39 is 11.4 Å². The number of fused-ring (bicyclic) bond motifs is 5. The van der Waals surface area contributed by atoms with E-state index >= 15 is 0 Å². The third-order valence-electron chi connectivity index (χ3n) is 19.3. The lowest BCUT2D eigenvalue weighted by Crippen LogP contribution is -2.31. The lowest BCUT2D eigenvalue weighted by Gasteiger charge is -2.26. The molecule has 69 heavy (non-hydrogen) atoms. The fourth-order valence-corrected chi connectivity index (χ4v) is 16.6. The highest BCUT2D eigenvalue weighted by Crippen LogP contribution is 2.57. The summed E-state index contributed by atoms with van der Waals surface area (Å²) in [6.45, 7) is 5.88. The molecular weight excluding hydrogens is 898 g/mol. The highest BCUT2D eigenvalue weighted by molar-refractivity contribution is 5.85. The topological polar surface area (TPSA) is 205 Å². The van der Waals surface area contributed by atoms with Crippen molar-refractivity contribution in [1.29, 1.82) is 0 Å². The Balaban J connectivity index is 0.000000143. The Hall–Kier alpha value is -3.06. The Labute approximate surface area is 418 Å². The van der Waals surface area contributed by atoms with Crippen molar-refractivity contribution in [2.24, 2.45) is 81.2 Å². The van der Waals surface area contributed by atoms with E-state index in [0.717, 1.165) is 112 Å². The van der Waals surface area contributed by atoms with Crippen LogP contribution >= 0.6 is 12.4 Å². The SMILES string of the molecule is CCOC(=O)C=C1C[C@H]2CCC[C@@H]2C1.CCOC(=O)CC1(C[N+](=O)[O-])C[C@H]2CCC[C@@H]2C1.Cl.NCC1(CC(=O)O)C[C@H]2CCC[C@@H]2C1.O=C1CC2(CN1)C[C@H]1CCC[C@@H]1C2.O=C1C[C@H]2CCC[C@@H]2C1. The number of aliphatic carboxylic acids is 1. The van der Waals surface area contributed by atoms with E-state index in [9.17, 15) is 34.1 Å². The first-order chi connectivity index (χ1) is 32.6. The molecule has 10 atom stereocenters. The van der Waals surface area contributed by atoms with Gasteiger partial charge in [-0.1, -0.05) is 76.2 Å². The van der Waals surface area contributed by atoms with Crippen LogP contribution in [0.3, 0.4) is 0 Å². The molecule has 11 rings (SSSR count). The number of Topliss-reactive ketones (excluding diaryl/α,β-unsaturated/α-hetero) is 1. The minimum absolute atomic E-state index is 0. The van der Waals surface area contributed by atoms with Crippen molar-refractivity contribution in [3.8, 4) is 0 Å². The first kappa shape index (κ1) is 55.3. The zero-order valence-electron chi connectivity index (χ0n) is 42.2. The normalized spacial score (nSPS) is 33.8. The number of hydrogen-bond acceptors (Lipinski definition) is 10. The molecule has 1 aliphatic heterocycles. The van der Waals surface area contributed by atoms with Gasteiger partial charge in [0.1, 0.15) is 5.78 Å². The summed E-state index contributed by atoms with van der Waals surface area (Å²) in [6.07, 6.45) is 33.5. The van der Waals surface area contributed by atoms with Crippen molar-refractivity contribution in [2.75, 3.05) is 32.8 Å². The van der Waals surface area contributed by atoms with E-state index in [1.807, 2.05) is 6.92 Å². The second-order valence-electron chi connectivity index (χ2n) is 24.1. The lowest BCUT2D eigenvalue weighted by atomic mass is 9.80. The number of nitrogens with one attached hydrogen (secondary N) is 1. The molecule has 0 bridgehead atoms. The molecule has 10 saturated carbocycles. The van der Waals surface area contributed by atoms with Crippen LogP contribution < -0.4 is 11.1 Å².